The molecule has 2 aromatic rings. The lowest BCUT2D eigenvalue weighted by molar-refractivity contribution is -0.140. The highest BCUT2D eigenvalue weighted by Crippen LogP contribution is 2.22. The molecule has 0 fully saturated rings. The van der Waals surface area contributed by atoms with E-state index in [1.54, 1.807) is 0 Å². The molecule has 102 valence electrons. The third-order valence-corrected chi connectivity index (χ3v) is 3.46. The van der Waals surface area contributed by atoms with Gasteiger partial charge in [-0.15, -0.1) is 21.5 Å². The third kappa shape index (κ3) is 3.39. The average molecular weight is 281 g/mol. The highest BCUT2D eigenvalue weighted by molar-refractivity contribution is 7.13. The van der Waals surface area contributed by atoms with Gasteiger partial charge in [-0.1, -0.05) is 19.9 Å². The van der Waals surface area contributed by atoms with Gasteiger partial charge in [0.15, 0.2) is 0 Å². The molecule has 6 nitrogen and oxygen atoms in total. The summed E-state index contributed by atoms with van der Waals surface area (Å²) in [5.41, 5.74) is 0. The van der Waals surface area contributed by atoms with Crippen molar-refractivity contribution in [1.82, 2.24) is 15.5 Å². The fourth-order valence-electron chi connectivity index (χ4n) is 1.63. The minimum absolute atomic E-state index is 0.0165. The zero-order valence-electron chi connectivity index (χ0n) is 10.7. The molecule has 1 unspecified atom stereocenters. The number of carboxylic acids is 1. The third-order valence-electron chi connectivity index (χ3n) is 2.60. The average Bonchev–Trinajstić information content (AvgIpc) is 2.98. The Balaban J connectivity index is 1.99. The number of carbonyl (C=O) groups is 1. The Morgan fingerprint density at radius 3 is 2.89 bits per heavy atom. The SMILES string of the molecule is CC(C)C(NCc1nnc(-c2cccs2)o1)C(=O)O. The Bertz CT molecular complexity index is 536. The maximum Gasteiger partial charge on any atom is 0.320 e. The Morgan fingerprint density at radius 2 is 2.32 bits per heavy atom. The summed E-state index contributed by atoms with van der Waals surface area (Å²) >= 11 is 1.51. The maximum absolute atomic E-state index is 11.0. The first-order valence-electron chi connectivity index (χ1n) is 5.90. The van der Waals surface area contributed by atoms with Crippen molar-refractivity contribution < 1.29 is 14.3 Å². The van der Waals surface area contributed by atoms with Crippen LogP contribution in [0, 0.1) is 5.92 Å². The van der Waals surface area contributed by atoms with Crippen molar-refractivity contribution in [2.24, 2.45) is 5.92 Å². The van der Waals surface area contributed by atoms with Crippen LogP contribution < -0.4 is 5.32 Å². The molecule has 0 radical (unpaired) electrons. The van der Waals surface area contributed by atoms with Crippen LogP contribution in [0.5, 0.6) is 0 Å². The zero-order chi connectivity index (χ0) is 13.8. The number of nitrogens with zero attached hydrogens (tertiary/aromatic N) is 2. The van der Waals surface area contributed by atoms with Gasteiger partial charge in [0.1, 0.15) is 6.04 Å². The molecular formula is C12H15N3O3S. The molecule has 0 aromatic carbocycles. The number of aromatic nitrogens is 2. The molecule has 2 rings (SSSR count). The fourth-order valence-corrected chi connectivity index (χ4v) is 2.27. The van der Waals surface area contributed by atoms with Crippen LogP contribution in [0.15, 0.2) is 21.9 Å². The van der Waals surface area contributed by atoms with Gasteiger partial charge in [0.2, 0.25) is 5.89 Å². The molecule has 0 saturated heterocycles. The van der Waals surface area contributed by atoms with E-state index in [2.05, 4.69) is 15.5 Å². The molecule has 0 aliphatic heterocycles. The highest BCUT2D eigenvalue weighted by Gasteiger charge is 2.21. The first-order valence-corrected chi connectivity index (χ1v) is 6.78. The van der Waals surface area contributed by atoms with Gasteiger partial charge in [0.05, 0.1) is 11.4 Å². The smallest absolute Gasteiger partial charge is 0.320 e. The van der Waals surface area contributed by atoms with Gasteiger partial charge < -0.3 is 9.52 Å². The summed E-state index contributed by atoms with van der Waals surface area (Å²) in [6.07, 6.45) is 0. The number of carboxylic acid groups (broad SMARTS) is 1. The van der Waals surface area contributed by atoms with E-state index in [0.29, 0.717) is 11.8 Å². The van der Waals surface area contributed by atoms with Crippen LogP contribution >= 0.6 is 11.3 Å². The van der Waals surface area contributed by atoms with Crippen molar-refractivity contribution in [2.45, 2.75) is 26.4 Å². The van der Waals surface area contributed by atoms with Gasteiger partial charge in [0, 0.05) is 0 Å². The quantitative estimate of drug-likeness (QED) is 0.842. The number of rotatable bonds is 6. The monoisotopic (exact) mass is 281 g/mol. The predicted octanol–water partition coefficient (Wildman–Crippen LogP) is 2.00. The van der Waals surface area contributed by atoms with Gasteiger partial charge in [-0.3, -0.25) is 10.1 Å². The summed E-state index contributed by atoms with van der Waals surface area (Å²) < 4.78 is 5.47. The lowest BCUT2D eigenvalue weighted by Crippen LogP contribution is -2.40. The van der Waals surface area contributed by atoms with Crippen LogP contribution in [0.25, 0.3) is 10.8 Å². The van der Waals surface area contributed by atoms with Crippen LogP contribution in [0.1, 0.15) is 19.7 Å². The number of aliphatic carboxylic acids is 1. The molecule has 0 aliphatic rings. The van der Waals surface area contributed by atoms with Crippen LogP contribution in [-0.2, 0) is 11.3 Å². The summed E-state index contributed by atoms with van der Waals surface area (Å²) in [4.78, 5) is 11.9. The first kappa shape index (κ1) is 13.7. The summed E-state index contributed by atoms with van der Waals surface area (Å²) in [5.74, 6) is -0.0521. The van der Waals surface area contributed by atoms with Gasteiger partial charge in [-0.25, -0.2) is 0 Å². The van der Waals surface area contributed by atoms with E-state index in [1.807, 2.05) is 31.4 Å². The number of nitrogens with one attached hydrogen (secondary N) is 1. The van der Waals surface area contributed by atoms with Gasteiger partial charge in [-0.2, -0.15) is 0 Å². The van der Waals surface area contributed by atoms with E-state index in [0.717, 1.165) is 4.88 Å². The molecule has 7 heteroatoms. The molecular weight excluding hydrogens is 266 g/mol. The van der Waals surface area contributed by atoms with E-state index < -0.39 is 12.0 Å². The topological polar surface area (TPSA) is 88.3 Å². The summed E-state index contributed by atoms with van der Waals surface area (Å²) in [6.45, 7) is 3.93. The molecule has 2 aromatic heterocycles. The normalized spacial score (nSPS) is 12.8. The van der Waals surface area contributed by atoms with E-state index >= 15 is 0 Å². The number of hydrogen-bond donors (Lipinski definition) is 2. The molecule has 0 aliphatic carbocycles. The second-order valence-electron chi connectivity index (χ2n) is 4.42. The van der Waals surface area contributed by atoms with Crippen LogP contribution in [0.4, 0.5) is 0 Å². The lowest BCUT2D eigenvalue weighted by atomic mass is 10.1. The Kier molecular flexibility index (Phi) is 4.28. The number of thiophene rings is 1. The van der Waals surface area contributed by atoms with Gasteiger partial charge in [0.25, 0.3) is 5.89 Å². The van der Waals surface area contributed by atoms with E-state index in [-0.39, 0.29) is 12.5 Å². The standard InChI is InChI=1S/C12H15N3O3S/c1-7(2)10(12(16)17)13-6-9-14-15-11(18-9)8-4-3-5-19-8/h3-5,7,10,13H,6H2,1-2H3,(H,16,17). The molecule has 0 spiro atoms. The first-order chi connectivity index (χ1) is 9.08. The Labute approximate surface area is 114 Å². The summed E-state index contributed by atoms with van der Waals surface area (Å²) in [6, 6.07) is 3.17. The largest absolute Gasteiger partial charge is 0.480 e. The second-order valence-corrected chi connectivity index (χ2v) is 5.37. The second kappa shape index (κ2) is 5.94. The summed E-state index contributed by atoms with van der Waals surface area (Å²) in [7, 11) is 0. The van der Waals surface area contributed by atoms with Crippen molar-refractivity contribution >= 4 is 17.3 Å². The predicted molar refractivity (Wildman–Crippen MR) is 70.7 cm³/mol. The van der Waals surface area contributed by atoms with Crippen molar-refractivity contribution in [3.63, 3.8) is 0 Å². The van der Waals surface area contributed by atoms with E-state index in [1.165, 1.54) is 11.3 Å². The van der Waals surface area contributed by atoms with Crippen molar-refractivity contribution in [2.75, 3.05) is 0 Å². The molecule has 1 atom stereocenters. The Morgan fingerprint density at radius 1 is 1.53 bits per heavy atom. The van der Waals surface area contributed by atoms with E-state index in [9.17, 15) is 4.79 Å². The molecule has 2 heterocycles. The number of hydrogen-bond acceptors (Lipinski definition) is 6. The van der Waals surface area contributed by atoms with Crippen LogP contribution in [0.3, 0.4) is 0 Å². The molecule has 0 saturated carbocycles. The fraction of sp³-hybridized carbons (Fsp3) is 0.417. The minimum atomic E-state index is -0.881. The summed E-state index contributed by atoms with van der Waals surface area (Å²) in [5, 5.41) is 21.7. The van der Waals surface area contributed by atoms with Crippen molar-refractivity contribution in [3.05, 3.63) is 23.4 Å². The molecule has 19 heavy (non-hydrogen) atoms. The minimum Gasteiger partial charge on any atom is -0.480 e. The zero-order valence-corrected chi connectivity index (χ0v) is 11.5. The van der Waals surface area contributed by atoms with Gasteiger partial charge in [-0.05, 0) is 17.4 Å². The molecule has 0 amide bonds. The molecule has 2 N–H and O–H groups in total. The Hall–Kier alpha value is -1.73. The maximum atomic E-state index is 11.0. The van der Waals surface area contributed by atoms with Gasteiger partial charge >= 0.3 is 5.97 Å². The van der Waals surface area contributed by atoms with Crippen molar-refractivity contribution in [1.29, 1.82) is 0 Å². The van der Waals surface area contributed by atoms with E-state index in [4.69, 9.17) is 9.52 Å². The van der Waals surface area contributed by atoms with Crippen LogP contribution in [-0.4, -0.2) is 27.3 Å². The van der Waals surface area contributed by atoms with Crippen molar-refractivity contribution in [3.8, 4) is 10.8 Å². The van der Waals surface area contributed by atoms with Crippen LogP contribution in [0.2, 0.25) is 0 Å². The molecule has 0 bridgehead atoms. The highest BCUT2D eigenvalue weighted by atomic mass is 32.1. The lowest BCUT2D eigenvalue weighted by Gasteiger charge is -2.16.